The summed E-state index contributed by atoms with van der Waals surface area (Å²) in [7, 11) is 0. The lowest BCUT2D eigenvalue weighted by Gasteiger charge is -2.22. The van der Waals surface area contributed by atoms with Gasteiger partial charge >= 0.3 is 0 Å². The van der Waals surface area contributed by atoms with Gasteiger partial charge in [0.25, 0.3) is 0 Å². The van der Waals surface area contributed by atoms with E-state index < -0.39 is 0 Å². The van der Waals surface area contributed by atoms with Crippen LogP contribution in [-0.4, -0.2) is 35.8 Å². The van der Waals surface area contributed by atoms with Gasteiger partial charge in [-0.15, -0.1) is 0 Å². The van der Waals surface area contributed by atoms with Crippen molar-refractivity contribution < 1.29 is 9.59 Å². The zero-order chi connectivity index (χ0) is 10.1. The number of carbonyl (C=O) groups excluding carboxylic acids is 2. The van der Waals surface area contributed by atoms with Crippen LogP contribution in [0.2, 0.25) is 0 Å². The topological polar surface area (TPSA) is 73.2 Å². The van der Waals surface area contributed by atoms with Crippen molar-refractivity contribution >= 4 is 12.3 Å². The molecular formula is C9H11N3O2. The Morgan fingerprint density at radius 3 is 3.07 bits per heavy atom. The van der Waals surface area contributed by atoms with Gasteiger partial charge in [0.15, 0.2) is 0 Å². The van der Waals surface area contributed by atoms with Crippen LogP contribution in [0, 0.1) is 17.2 Å². The number of fused-ring (bicyclic) bond motifs is 1. The van der Waals surface area contributed by atoms with Gasteiger partial charge in [-0.25, -0.2) is 0 Å². The first-order valence-corrected chi connectivity index (χ1v) is 4.65. The fourth-order valence-corrected chi connectivity index (χ4v) is 2.15. The average molecular weight is 193 g/mol. The molecule has 14 heavy (non-hydrogen) atoms. The summed E-state index contributed by atoms with van der Waals surface area (Å²) >= 11 is 0. The first kappa shape index (κ1) is 9.00. The molecule has 3 atom stereocenters. The Kier molecular flexibility index (Phi) is 2.12. The summed E-state index contributed by atoms with van der Waals surface area (Å²) in [5.74, 6) is 0.383. The monoisotopic (exact) mass is 193 g/mol. The Balaban J connectivity index is 1.98. The Hall–Kier alpha value is -1.57. The highest BCUT2D eigenvalue weighted by Crippen LogP contribution is 2.47. The van der Waals surface area contributed by atoms with Crippen LogP contribution in [0.5, 0.6) is 0 Å². The second-order valence-electron chi connectivity index (χ2n) is 3.74. The number of nitrogens with zero attached hydrogens (tertiary/aromatic N) is 2. The zero-order valence-electron chi connectivity index (χ0n) is 7.64. The van der Waals surface area contributed by atoms with E-state index in [1.165, 1.54) is 0 Å². The van der Waals surface area contributed by atoms with Gasteiger partial charge in [0, 0.05) is 6.04 Å². The second kappa shape index (κ2) is 3.29. The van der Waals surface area contributed by atoms with E-state index in [-0.39, 0.29) is 24.5 Å². The fraction of sp³-hybridized carbons (Fsp3) is 0.667. The number of rotatable bonds is 3. The smallest absolute Gasteiger partial charge is 0.243 e. The van der Waals surface area contributed by atoms with Gasteiger partial charge < -0.3 is 10.2 Å². The summed E-state index contributed by atoms with van der Waals surface area (Å²) in [4.78, 5) is 23.2. The SMILES string of the molecule is N#C[C@@H]1C[C@@H]2C[C@@H]2N1C(=O)CNC=O. The van der Waals surface area contributed by atoms with Gasteiger partial charge in [-0.05, 0) is 18.8 Å². The van der Waals surface area contributed by atoms with Gasteiger partial charge in [-0.3, -0.25) is 9.59 Å². The molecule has 0 aromatic heterocycles. The van der Waals surface area contributed by atoms with Crippen LogP contribution < -0.4 is 5.32 Å². The van der Waals surface area contributed by atoms with E-state index in [2.05, 4.69) is 11.4 Å². The number of amides is 2. The van der Waals surface area contributed by atoms with Gasteiger partial charge in [-0.2, -0.15) is 5.26 Å². The highest BCUT2D eigenvalue weighted by molar-refractivity contribution is 5.81. The summed E-state index contributed by atoms with van der Waals surface area (Å²) in [6.07, 6.45) is 2.32. The molecule has 2 aliphatic rings. The van der Waals surface area contributed by atoms with Crippen LogP contribution in [0.4, 0.5) is 0 Å². The maximum atomic E-state index is 11.6. The molecule has 5 nitrogen and oxygen atoms in total. The molecule has 1 saturated carbocycles. The molecule has 1 aliphatic heterocycles. The Morgan fingerprint density at radius 2 is 2.43 bits per heavy atom. The minimum atomic E-state index is -0.278. The standard InChI is InChI=1S/C9H11N3O2/c10-3-7-1-6-2-8(6)12(7)9(14)4-11-5-13/h5-8H,1-2,4H2,(H,11,13)/t6-,7+,8+/m1/s1. The van der Waals surface area contributed by atoms with Crippen LogP contribution in [0.15, 0.2) is 0 Å². The van der Waals surface area contributed by atoms with Crippen LogP contribution in [0.1, 0.15) is 12.8 Å². The van der Waals surface area contributed by atoms with Crippen LogP contribution in [-0.2, 0) is 9.59 Å². The lowest BCUT2D eigenvalue weighted by Crippen LogP contribution is -2.42. The van der Waals surface area contributed by atoms with Crippen molar-refractivity contribution in [3.63, 3.8) is 0 Å². The Bertz CT molecular complexity index is 310. The van der Waals surface area contributed by atoms with Crippen molar-refractivity contribution in [2.24, 2.45) is 5.92 Å². The normalized spacial score (nSPS) is 33.1. The van der Waals surface area contributed by atoms with Crippen LogP contribution in [0.3, 0.4) is 0 Å². The Morgan fingerprint density at radius 1 is 1.64 bits per heavy atom. The van der Waals surface area contributed by atoms with Crippen LogP contribution >= 0.6 is 0 Å². The molecule has 0 radical (unpaired) electrons. The molecule has 1 aliphatic carbocycles. The fourth-order valence-electron chi connectivity index (χ4n) is 2.15. The number of hydrogen-bond acceptors (Lipinski definition) is 3. The molecule has 5 heteroatoms. The molecule has 2 rings (SSSR count). The van der Waals surface area contributed by atoms with Crippen molar-refractivity contribution in [3.8, 4) is 6.07 Å². The van der Waals surface area contributed by atoms with Crippen molar-refractivity contribution in [2.45, 2.75) is 24.9 Å². The summed E-state index contributed by atoms with van der Waals surface area (Å²) in [5, 5.41) is 11.1. The summed E-state index contributed by atoms with van der Waals surface area (Å²) in [5.41, 5.74) is 0. The van der Waals surface area contributed by atoms with E-state index in [1.807, 2.05) is 0 Å². The largest absolute Gasteiger partial charge is 0.350 e. The van der Waals surface area contributed by atoms with E-state index in [0.717, 1.165) is 12.8 Å². The zero-order valence-corrected chi connectivity index (χ0v) is 7.64. The van der Waals surface area contributed by atoms with E-state index in [4.69, 9.17) is 5.26 Å². The Labute approximate surface area is 81.7 Å². The second-order valence-corrected chi connectivity index (χ2v) is 3.74. The summed E-state index contributed by atoms with van der Waals surface area (Å²) in [6.45, 7) is 0.00486. The first-order valence-electron chi connectivity index (χ1n) is 4.65. The number of carbonyl (C=O) groups is 2. The van der Waals surface area contributed by atoms with Crippen molar-refractivity contribution in [2.75, 3.05) is 6.54 Å². The predicted octanol–water partition coefficient (Wildman–Crippen LogP) is -0.755. The molecule has 0 aromatic carbocycles. The molecule has 0 spiro atoms. The molecule has 0 aromatic rings. The number of hydrogen-bond donors (Lipinski definition) is 1. The summed E-state index contributed by atoms with van der Waals surface area (Å²) < 4.78 is 0. The third-order valence-electron chi connectivity index (χ3n) is 2.88. The highest BCUT2D eigenvalue weighted by Gasteiger charge is 2.53. The molecular weight excluding hydrogens is 182 g/mol. The number of piperidine rings is 1. The number of likely N-dealkylation sites (tertiary alicyclic amines) is 1. The van der Waals surface area contributed by atoms with Crippen molar-refractivity contribution in [1.29, 1.82) is 5.26 Å². The lowest BCUT2D eigenvalue weighted by atomic mass is 10.2. The van der Waals surface area contributed by atoms with Crippen molar-refractivity contribution in [1.82, 2.24) is 10.2 Å². The average Bonchev–Trinajstić information content (AvgIpc) is 2.86. The maximum absolute atomic E-state index is 11.6. The minimum Gasteiger partial charge on any atom is -0.350 e. The van der Waals surface area contributed by atoms with Gasteiger partial charge in [-0.1, -0.05) is 0 Å². The number of nitriles is 1. The van der Waals surface area contributed by atoms with Gasteiger partial charge in [0.2, 0.25) is 12.3 Å². The predicted molar refractivity (Wildman–Crippen MR) is 46.8 cm³/mol. The molecule has 1 heterocycles. The maximum Gasteiger partial charge on any atom is 0.243 e. The molecule has 2 amide bonds. The minimum absolute atomic E-state index is 0.00486. The summed E-state index contributed by atoms with van der Waals surface area (Å²) in [6, 6.07) is 2.11. The van der Waals surface area contributed by atoms with E-state index >= 15 is 0 Å². The van der Waals surface area contributed by atoms with Crippen molar-refractivity contribution in [3.05, 3.63) is 0 Å². The molecule has 2 fully saturated rings. The molecule has 1 N–H and O–H groups in total. The molecule has 74 valence electrons. The third-order valence-corrected chi connectivity index (χ3v) is 2.88. The van der Waals surface area contributed by atoms with E-state index in [9.17, 15) is 9.59 Å². The lowest BCUT2D eigenvalue weighted by molar-refractivity contribution is -0.132. The molecule has 1 saturated heterocycles. The third kappa shape index (κ3) is 1.33. The van der Waals surface area contributed by atoms with Gasteiger partial charge in [0.05, 0.1) is 12.6 Å². The number of nitrogens with one attached hydrogen (secondary N) is 1. The molecule has 0 unspecified atom stereocenters. The first-order chi connectivity index (χ1) is 6.77. The quantitative estimate of drug-likeness (QED) is 0.599. The van der Waals surface area contributed by atoms with Gasteiger partial charge in [0.1, 0.15) is 6.04 Å². The van der Waals surface area contributed by atoms with E-state index in [0.29, 0.717) is 12.3 Å². The van der Waals surface area contributed by atoms with Crippen LogP contribution in [0.25, 0.3) is 0 Å². The highest BCUT2D eigenvalue weighted by atomic mass is 16.2. The molecule has 0 bridgehead atoms. The van der Waals surface area contributed by atoms with E-state index in [1.54, 1.807) is 4.90 Å².